The van der Waals surface area contributed by atoms with Gasteiger partial charge in [-0.1, -0.05) is 29.2 Å². The van der Waals surface area contributed by atoms with Crippen LogP contribution in [0.15, 0.2) is 50.9 Å². The zero-order valence-electron chi connectivity index (χ0n) is 20.1. The molecule has 0 amide bonds. The lowest BCUT2D eigenvalue weighted by molar-refractivity contribution is -0.685. The maximum Gasteiger partial charge on any atom is 0.348 e. The number of hydrogen-bond donors (Lipinski definition) is 0. The van der Waals surface area contributed by atoms with Crippen LogP contribution in [0.1, 0.15) is 32.7 Å². The molecule has 0 atom stereocenters. The minimum absolute atomic E-state index is 0. The van der Waals surface area contributed by atoms with Crippen molar-refractivity contribution in [3.8, 4) is 0 Å². The van der Waals surface area contributed by atoms with Crippen LogP contribution in [0, 0.1) is 6.92 Å². The predicted octanol–water partition coefficient (Wildman–Crippen LogP) is 0.624. The number of carbonyl (C=O) groups excluding carboxylic acids is 1. The lowest BCUT2D eigenvalue weighted by atomic mass is 10.2. The average Bonchev–Trinajstić information content (AvgIpc) is 3.62. The number of esters is 1. The molecule has 4 aromatic rings. The molecule has 36 heavy (non-hydrogen) atoms. The molecule has 5 rings (SSSR count). The number of nitrogens with zero attached hydrogens (tertiary/aromatic N) is 3. The summed E-state index contributed by atoms with van der Waals surface area (Å²) < 4.78 is 10.5. The normalized spacial score (nSPS) is 14.7. The monoisotopic (exact) mass is 577 g/mol. The van der Waals surface area contributed by atoms with Crippen LogP contribution < -0.4 is 36.6 Å². The summed E-state index contributed by atoms with van der Waals surface area (Å²) in [6, 6.07) is 8.35. The molecule has 0 fully saturated rings. The summed E-state index contributed by atoms with van der Waals surface area (Å²) in [5.41, 5.74) is 3.30. The van der Waals surface area contributed by atoms with Crippen LogP contribution >= 0.6 is 45.8 Å². The van der Waals surface area contributed by atoms with Crippen molar-refractivity contribution in [3.63, 3.8) is 0 Å². The lowest BCUT2D eigenvalue weighted by Crippen LogP contribution is -3.00. The number of hydrogen-bond acceptors (Lipinski definition) is 8. The first-order chi connectivity index (χ1) is 16.9. The van der Waals surface area contributed by atoms with Gasteiger partial charge in [0.05, 0.1) is 24.3 Å². The van der Waals surface area contributed by atoms with Gasteiger partial charge in [0, 0.05) is 24.1 Å². The first-order valence-corrected chi connectivity index (χ1v) is 14.4. The number of fused-ring (bicyclic) bond motifs is 1. The van der Waals surface area contributed by atoms with Crippen molar-refractivity contribution in [1.82, 2.24) is 4.57 Å². The van der Waals surface area contributed by atoms with Crippen LogP contribution in [-0.2, 0) is 17.8 Å². The molecule has 0 aliphatic carbocycles. The van der Waals surface area contributed by atoms with Gasteiger partial charge >= 0.3 is 5.97 Å². The maximum absolute atomic E-state index is 13.4. The molecule has 0 radical (unpaired) electrons. The summed E-state index contributed by atoms with van der Waals surface area (Å²) in [5, 5.41) is 5.92. The van der Waals surface area contributed by atoms with Crippen LogP contribution in [0.25, 0.3) is 11.1 Å². The smallest absolute Gasteiger partial charge is 0.348 e. The van der Waals surface area contributed by atoms with Crippen molar-refractivity contribution in [2.45, 2.75) is 31.8 Å². The Kier molecular flexibility index (Phi) is 8.11. The number of thiophene rings is 1. The molecule has 0 spiro atoms. The summed E-state index contributed by atoms with van der Waals surface area (Å²) in [6.07, 6.45) is 4.08. The third-order valence-corrected chi connectivity index (χ3v) is 10.1. The molecule has 4 heterocycles. The van der Waals surface area contributed by atoms with Gasteiger partial charge in [0.1, 0.15) is 19.1 Å². The fourth-order valence-electron chi connectivity index (χ4n) is 4.01. The van der Waals surface area contributed by atoms with Gasteiger partial charge < -0.3 is 22.0 Å². The number of carbonyl (C=O) groups is 1. The molecule has 1 aliphatic heterocycles. The number of thioether (sulfide) groups is 1. The molecule has 3 aromatic heterocycles. The quantitative estimate of drug-likeness (QED) is 0.257. The van der Waals surface area contributed by atoms with Crippen molar-refractivity contribution in [2.75, 3.05) is 19.1 Å². The Hall–Kier alpha value is -2.37. The van der Waals surface area contributed by atoms with E-state index in [2.05, 4.69) is 40.7 Å². The molecule has 1 aliphatic rings. The van der Waals surface area contributed by atoms with Crippen LogP contribution in [0.3, 0.4) is 0 Å². The highest BCUT2D eigenvalue weighted by Crippen LogP contribution is 2.45. The van der Waals surface area contributed by atoms with E-state index in [0.29, 0.717) is 18.0 Å². The zero-order chi connectivity index (χ0) is 24.7. The van der Waals surface area contributed by atoms with Crippen molar-refractivity contribution in [1.29, 1.82) is 0 Å². The van der Waals surface area contributed by atoms with Gasteiger partial charge in [-0.3, -0.25) is 9.36 Å². The molecule has 1 aromatic carbocycles. The number of ether oxygens (including phenoxy) is 1. The number of aryl methyl sites for hydroxylation is 1. The molecule has 188 valence electrons. The zero-order valence-corrected chi connectivity index (χ0v) is 24.1. The number of thiazole rings is 2. The van der Waals surface area contributed by atoms with E-state index in [4.69, 9.17) is 4.74 Å². The first kappa shape index (κ1) is 26.7. The summed E-state index contributed by atoms with van der Waals surface area (Å²) in [6.45, 7) is 5.24. The second-order valence-corrected chi connectivity index (χ2v) is 11.9. The van der Waals surface area contributed by atoms with Gasteiger partial charge in [-0.15, -0.1) is 22.7 Å². The van der Waals surface area contributed by atoms with E-state index in [1.807, 2.05) is 41.6 Å². The van der Waals surface area contributed by atoms with Crippen molar-refractivity contribution >= 4 is 68.5 Å². The molecule has 0 N–H and O–H groups in total. The van der Waals surface area contributed by atoms with Crippen LogP contribution in [-0.4, -0.2) is 24.7 Å². The fourth-order valence-corrected chi connectivity index (χ4v) is 8.14. The molecule has 11 heteroatoms. The number of rotatable bonds is 5. The van der Waals surface area contributed by atoms with E-state index in [0.717, 1.165) is 30.5 Å². The van der Waals surface area contributed by atoms with E-state index in [-0.39, 0.29) is 23.9 Å². The Balaban J connectivity index is 0.00000304. The van der Waals surface area contributed by atoms with Crippen LogP contribution in [0.4, 0.5) is 5.69 Å². The van der Waals surface area contributed by atoms with E-state index < -0.39 is 0 Å². The number of methoxy groups -OCH3 is 1. The Bertz CT molecular complexity index is 1620. The second kappa shape index (κ2) is 10.9. The summed E-state index contributed by atoms with van der Waals surface area (Å²) in [4.78, 5) is 29.5. The van der Waals surface area contributed by atoms with Gasteiger partial charge in [-0.25, -0.2) is 4.79 Å². The predicted molar refractivity (Wildman–Crippen MR) is 145 cm³/mol. The third-order valence-electron chi connectivity index (χ3n) is 5.83. The standard InChI is InChI=1S/C25H24N3O3S4.ClH/c1-5-28-20(13-19-27(9-11-32-19)14-16-8-10-33-21(16)25(30)31-4)35-22(23(28)29)24-26(3)17-12-15(2)6-7-18(17)34-24;/h6-13H,5,14H2,1-4H3;1H/q+1;/p-1/b24-22+;. The molecular weight excluding hydrogens is 554 g/mol. The third kappa shape index (κ3) is 4.80. The summed E-state index contributed by atoms with van der Waals surface area (Å²) in [7, 11) is 3.43. The fraction of sp³-hybridized carbons (Fsp3) is 0.240. The Morgan fingerprint density at radius 2 is 2.00 bits per heavy atom. The SMILES string of the molecule is CCn1c(=O)/c(=C2\Sc3ccc(C)cc3N2C)s/c1=C\c1scc[n+]1Cc1ccsc1C(=O)OC.[Cl-]. The molecule has 0 bridgehead atoms. The van der Waals surface area contributed by atoms with E-state index in [1.54, 1.807) is 23.1 Å². The molecule has 0 unspecified atom stereocenters. The maximum atomic E-state index is 13.4. The Morgan fingerprint density at radius 3 is 2.75 bits per heavy atom. The Labute approximate surface area is 231 Å². The number of halogens is 1. The number of benzene rings is 1. The topological polar surface area (TPSA) is 55.4 Å². The number of aromatic nitrogens is 2. The van der Waals surface area contributed by atoms with Crippen molar-refractivity contribution in [3.05, 3.63) is 81.8 Å². The van der Waals surface area contributed by atoms with Gasteiger partial charge in [-0.05, 0) is 43.0 Å². The molecule has 0 saturated heterocycles. The van der Waals surface area contributed by atoms with Crippen molar-refractivity contribution in [2.24, 2.45) is 0 Å². The molecule has 0 saturated carbocycles. The first-order valence-electron chi connectivity index (χ1n) is 11.0. The second-order valence-electron chi connectivity index (χ2n) is 8.04. The van der Waals surface area contributed by atoms with Gasteiger partial charge in [-0.2, -0.15) is 4.57 Å². The molecule has 6 nitrogen and oxygen atoms in total. The largest absolute Gasteiger partial charge is 1.00 e. The minimum atomic E-state index is -0.314. The van der Waals surface area contributed by atoms with Gasteiger partial charge in [0.25, 0.3) is 10.6 Å². The highest BCUT2D eigenvalue weighted by Gasteiger charge is 2.25. The lowest BCUT2D eigenvalue weighted by Gasteiger charge is -2.12. The average molecular weight is 578 g/mol. The summed E-state index contributed by atoms with van der Waals surface area (Å²) in [5.74, 6) is -0.314. The van der Waals surface area contributed by atoms with Crippen LogP contribution in [0.5, 0.6) is 0 Å². The van der Waals surface area contributed by atoms with Gasteiger partial charge in [0.2, 0.25) is 0 Å². The van der Waals surface area contributed by atoms with Crippen molar-refractivity contribution < 1.29 is 26.5 Å². The highest BCUT2D eigenvalue weighted by atomic mass is 35.5. The highest BCUT2D eigenvalue weighted by molar-refractivity contribution is 8.08. The van der Waals surface area contributed by atoms with Gasteiger partial charge in [0.15, 0.2) is 12.7 Å². The van der Waals surface area contributed by atoms with Crippen LogP contribution in [0.2, 0.25) is 0 Å². The van der Waals surface area contributed by atoms with E-state index in [1.165, 1.54) is 40.2 Å². The van der Waals surface area contributed by atoms with E-state index in [9.17, 15) is 9.59 Å². The van der Waals surface area contributed by atoms with E-state index >= 15 is 0 Å². The number of anilines is 1. The molecular formula is C25H24ClN3O3S4. The Morgan fingerprint density at radius 1 is 1.19 bits per heavy atom. The summed E-state index contributed by atoms with van der Waals surface area (Å²) >= 11 is 6.18. The minimum Gasteiger partial charge on any atom is -1.00 e.